The molecule has 96 valence electrons. The molecule has 3 rings (SSSR count). The average Bonchev–Trinajstić information content (AvgIpc) is 2.88. The molecular weight excluding hydrogens is 254 g/mol. The minimum atomic E-state index is -0.498. The van der Waals surface area contributed by atoms with Gasteiger partial charge in [0.2, 0.25) is 0 Å². The van der Waals surface area contributed by atoms with Crippen LogP contribution in [0.15, 0.2) is 41.8 Å². The van der Waals surface area contributed by atoms with Crippen LogP contribution >= 0.6 is 11.3 Å². The van der Waals surface area contributed by atoms with Gasteiger partial charge in [-0.2, -0.15) is 0 Å². The molecule has 1 aromatic heterocycles. The van der Waals surface area contributed by atoms with Gasteiger partial charge in [-0.15, -0.1) is 11.3 Å². The topological polar surface area (TPSA) is 33.1 Å². The van der Waals surface area contributed by atoms with Gasteiger partial charge in [-0.05, 0) is 30.7 Å². The van der Waals surface area contributed by atoms with E-state index < -0.39 is 6.10 Å². The highest BCUT2D eigenvalue weighted by atomic mass is 32.1. The molecule has 1 atom stereocenters. The number of aromatic nitrogens is 1. The Morgan fingerprint density at radius 3 is 2.58 bits per heavy atom. The van der Waals surface area contributed by atoms with E-state index in [1.54, 1.807) is 6.92 Å². The lowest BCUT2D eigenvalue weighted by Crippen LogP contribution is -1.89. The monoisotopic (exact) mass is 269 g/mol. The summed E-state index contributed by atoms with van der Waals surface area (Å²) in [6.07, 6.45) is -0.498. The standard InChI is InChI=1S/C16H15NOS/c1-10-3-4-13-8-14(6-5-12(13)7-10)15-9-19-16(17-15)11(2)18/h3-9,11,18H,1-2H3. The Balaban J connectivity index is 2.07. The molecule has 2 aromatic carbocycles. The van der Waals surface area contributed by atoms with Gasteiger partial charge in [0.1, 0.15) is 11.1 Å². The first-order valence-electron chi connectivity index (χ1n) is 6.28. The number of nitrogens with zero attached hydrogens (tertiary/aromatic N) is 1. The number of aliphatic hydroxyl groups is 1. The molecule has 2 nitrogen and oxygen atoms in total. The van der Waals surface area contributed by atoms with E-state index >= 15 is 0 Å². The van der Waals surface area contributed by atoms with Crippen molar-refractivity contribution in [2.45, 2.75) is 20.0 Å². The van der Waals surface area contributed by atoms with Crippen molar-refractivity contribution in [1.82, 2.24) is 4.98 Å². The SMILES string of the molecule is Cc1ccc2cc(-c3csc(C(C)O)n3)ccc2c1. The van der Waals surface area contributed by atoms with Crippen LogP contribution in [0.5, 0.6) is 0 Å². The van der Waals surface area contributed by atoms with E-state index in [1.807, 2.05) is 5.38 Å². The Morgan fingerprint density at radius 2 is 1.84 bits per heavy atom. The molecule has 0 amide bonds. The number of aryl methyl sites for hydroxylation is 1. The zero-order chi connectivity index (χ0) is 13.4. The Morgan fingerprint density at radius 1 is 1.11 bits per heavy atom. The Labute approximate surface area is 116 Å². The molecule has 1 N–H and O–H groups in total. The number of aliphatic hydroxyl groups excluding tert-OH is 1. The average molecular weight is 269 g/mol. The Kier molecular flexibility index (Phi) is 3.09. The zero-order valence-corrected chi connectivity index (χ0v) is 11.7. The lowest BCUT2D eigenvalue weighted by Gasteiger charge is -2.03. The number of rotatable bonds is 2. The summed E-state index contributed by atoms with van der Waals surface area (Å²) in [7, 11) is 0. The number of hydrogen-bond acceptors (Lipinski definition) is 3. The van der Waals surface area contributed by atoms with Crippen molar-refractivity contribution >= 4 is 22.1 Å². The molecule has 0 saturated heterocycles. The second-order valence-corrected chi connectivity index (χ2v) is 5.70. The third kappa shape index (κ3) is 2.39. The molecule has 0 aliphatic heterocycles. The molecule has 0 spiro atoms. The van der Waals surface area contributed by atoms with Crippen LogP contribution in [0.3, 0.4) is 0 Å². The molecule has 0 aliphatic carbocycles. The lowest BCUT2D eigenvalue weighted by molar-refractivity contribution is 0.199. The molecule has 0 radical (unpaired) electrons. The van der Waals surface area contributed by atoms with E-state index in [1.165, 1.54) is 27.7 Å². The first kappa shape index (κ1) is 12.3. The summed E-state index contributed by atoms with van der Waals surface area (Å²) in [5.41, 5.74) is 3.30. The second kappa shape index (κ2) is 4.76. The molecule has 0 fully saturated rings. The van der Waals surface area contributed by atoms with Crippen LogP contribution < -0.4 is 0 Å². The van der Waals surface area contributed by atoms with E-state index in [4.69, 9.17) is 0 Å². The van der Waals surface area contributed by atoms with Gasteiger partial charge in [-0.1, -0.05) is 35.9 Å². The van der Waals surface area contributed by atoms with Crippen LogP contribution in [-0.2, 0) is 0 Å². The van der Waals surface area contributed by atoms with E-state index in [0.717, 1.165) is 16.3 Å². The highest BCUT2D eigenvalue weighted by Gasteiger charge is 2.09. The van der Waals surface area contributed by atoms with Crippen LogP contribution in [0.25, 0.3) is 22.0 Å². The van der Waals surface area contributed by atoms with Gasteiger partial charge in [0.15, 0.2) is 0 Å². The predicted octanol–water partition coefficient (Wildman–Crippen LogP) is 4.33. The highest BCUT2D eigenvalue weighted by molar-refractivity contribution is 7.10. The van der Waals surface area contributed by atoms with E-state index in [0.29, 0.717) is 0 Å². The van der Waals surface area contributed by atoms with Crippen molar-refractivity contribution in [3.05, 3.63) is 52.3 Å². The third-order valence-electron chi connectivity index (χ3n) is 3.17. The first-order chi connectivity index (χ1) is 9.13. The summed E-state index contributed by atoms with van der Waals surface area (Å²) in [5.74, 6) is 0. The predicted molar refractivity (Wildman–Crippen MR) is 80.4 cm³/mol. The largest absolute Gasteiger partial charge is 0.386 e. The maximum Gasteiger partial charge on any atom is 0.122 e. The van der Waals surface area contributed by atoms with Gasteiger partial charge in [-0.25, -0.2) is 4.98 Å². The van der Waals surface area contributed by atoms with E-state index in [9.17, 15) is 5.11 Å². The minimum Gasteiger partial charge on any atom is -0.386 e. The Hall–Kier alpha value is -1.71. The summed E-state index contributed by atoms with van der Waals surface area (Å²) in [4.78, 5) is 4.47. The zero-order valence-electron chi connectivity index (χ0n) is 10.9. The third-order valence-corrected chi connectivity index (χ3v) is 4.19. The molecule has 1 unspecified atom stereocenters. The van der Waals surface area contributed by atoms with Crippen molar-refractivity contribution in [3.63, 3.8) is 0 Å². The summed E-state index contributed by atoms with van der Waals surface area (Å²) in [5, 5.41) is 14.8. The van der Waals surface area contributed by atoms with Crippen LogP contribution in [0.4, 0.5) is 0 Å². The number of thiazole rings is 1. The van der Waals surface area contributed by atoms with Gasteiger partial charge in [0.05, 0.1) is 5.69 Å². The van der Waals surface area contributed by atoms with Gasteiger partial charge in [0, 0.05) is 10.9 Å². The molecule has 0 bridgehead atoms. The van der Waals surface area contributed by atoms with Crippen molar-refractivity contribution < 1.29 is 5.11 Å². The van der Waals surface area contributed by atoms with Crippen LogP contribution in [0, 0.1) is 6.92 Å². The van der Waals surface area contributed by atoms with E-state index in [2.05, 4.69) is 48.3 Å². The van der Waals surface area contributed by atoms with Gasteiger partial charge >= 0.3 is 0 Å². The fraction of sp³-hybridized carbons (Fsp3) is 0.188. The van der Waals surface area contributed by atoms with E-state index in [-0.39, 0.29) is 0 Å². The van der Waals surface area contributed by atoms with Crippen molar-refractivity contribution in [2.75, 3.05) is 0 Å². The number of fused-ring (bicyclic) bond motifs is 1. The summed E-state index contributed by atoms with van der Waals surface area (Å²) in [6, 6.07) is 12.8. The van der Waals surface area contributed by atoms with Gasteiger partial charge in [-0.3, -0.25) is 0 Å². The summed E-state index contributed by atoms with van der Waals surface area (Å²) in [6.45, 7) is 3.84. The summed E-state index contributed by atoms with van der Waals surface area (Å²) >= 11 is 1.50. The molecule has 0 saturated carbocycles. The minimum absolute atomic E-state index is 0.498. The molecular formula is C16H15NOS. The number of hydrogen-bond donors (Lipinski definition) is 1. The maximum atomic E-state index is 9.53. The normalized spacial score (nSPS) is 12.8. The molecule has 3 aromatic rings. The fourth-order valence-corrected chi connectivity index (χ4v) is 2.91. The fourth-order valence-electron chi connectivity index (χ4n) is 2.14. The van der Waals surface area contributed by atoms with Crippen molar-refractivity contribution in [3.8, 4) is 11.3 Å². The highest BCUT2D eigenvalue weighted by Crippen LogP contribution is 2.28. The first-order valence-corrected chi connectivity index (χ1v) is 7.16. The number of benzene rings is 2. The second-order valence-electron chi connectivity index (χ2n) is 4.81. The maximum absolute atomic E-state index is 9.53. The van der Waals surface area contributed by atoms with Gasteiger partial charge < -0.3 is 5.11 Å². The van der Waals surface area contributed by atoms with Gasteiger partial charge in [0.25, 0.3) is 0 Å². The molecule has 1 heterocycles. The Bertz CT molecular complexity index is 730. The van der Waals surface area contributed by atoms with Crippen molar-refractivity contribution in [2.24, 2.45) is 0 Å². The lowest BCUT2D eigenvalue weighted by atomic mass is 10.0. The van der Waals surface area contributed by atoms with Crippen LogP contribution in [0.1, 0.15) is 23.6 Å². The molecule has 0 aliphatic rings. The smallest absolute Gasteiger partial charge is 0.122 e. The van der Waals surface area contributed by atoms with Crippen LogP contribution in [-0.4, -0.2) is 10.1 Å². The molecule has 19 heavy (non-hydrogen) atoms. The summed E-state index contributed by atoms with van der Waals surface area (Å²) < 4.78 is 0. The van der Waals surface area contributed by atoms with Crippen molar-refractivity contribution in [1.29, 1.82) is 0 Å². The van der Waals surface area contributed by atoms with Crippen LogP contribution in [0.2, 0.25) is 0 Å². The quantitative estimate of drug-likeness (QED) is 0.751. The molecule has 3 heteroatoms.